The van der Waals surface area contributed by atoms with E-state index >= 15 is 0 Å². The molecule has 1 amide bonds. The van der Waals surface area contributed by atoms with Crippen molar-refractivity contribution in [3.8, 4) is 9.88 Å². The number of nitro groups is 1. The highest BCUT2D eigenvalue weighted by molar-refractivity contribution is 7.22. The van der Waals surface area contributed by atoms with Gasteiger partial charge in [-0.2, -0.15) is 0 Å². The Balaban J connectivity index is 1.41. The van der Waals surface area contributed by atoms with E-state index in [1.165, 1.54) is 12.1 Å². The van der Waals surface area contributed by atoms with Crippen LogP contribution < -0.4 is 4.90 Å². The molecule has 3 aromatic rings. The quantitative estimate of drug-likeness (QED) is 0.479. The summed E-state index contributed by atoms with van der Waals surface area (Å²) in [4.78, 5) is 28.3. The molecule has 1 fully saturated rings. The van der Waals surface area contributed by atoms with Gasteiger partial charge in [-0.15, -0.1) is 21.5 Å². The summed E-state index contributed by atoms with van der Waals surface area (Å²) in [5.74, 6) is -0.103. The van der Waals surface area contributed by atoms with E-state index in [2.05, 4.69) is 15.1 Å². The molecule has 28 heavy (non-hydrogen) atoms. The number of hydrogen-bond donors (Lipinski definition) is 0. The molecule has 1 saturated heterocycles. The number of amides is 1. The molecule has 1 aromatic carbocycles. The van der Waals surface area contributed by atoms with E-state index in [1.807, 2.05) is 17.5 Å². The maximum atomic E-state index is 12.7. The van der Waals surface area contributed by atoms with E-state index in [9.17, 15) is 14.9 Å². The topological polar surface area (TPSA) is 92.5 Å². The number of nitro benzene ring substituents is 1. The van der Waals surface area contributed by atoms with Crippen molar-refractivity contribution in [2.75, 3.05) is 31.1 Å². The number of thiophene rings is 1. The van der Waals surface area contributed by atoms with Gasteiger partial charge < -0.3 is 9.80 Å². The van der Waals surface area contributed by atoms with Crippen LogP contribution in [0.25, 0.3) is 9.88 Å². The van der Waals surface area contributed by atoms with E-state index in [-0.39, 0.29) is 11.6 Å². The maximum absolute atomic E-state index is 12.7. The third kappa shape index (κ3) is 3.60. The lowest BCUT2D eigenvalue weighted by Gasteiger charge is -2.34. The minimum atomic E-state index is -0.436. The summed E-state index contributed by atoms with van der Waals surface area (Å²) in [5.41, 5.74) is 0.996. The van der Waals surface area contributed by atoms with Crippen molar-refractivity contribution in [2.45, 2.75) is 6.92 Å². The number of hydrogen-bond acceptors (Lipinski definition) is 8. The number of anilines is 1. The average molecular weight is 416 g/mol. The number of carbonyl (C=O) groups excluding carboxylic acids is 1. The van der Waals surface area contributed by atoms with Crippen LogP contribution in [0.5, 0.6) is 0 Å². The summed E-state index contributed by atoms with van der Waals surface area (Å²) in [6, 6.07) is 8.53. The molecule has 144 valence electrons. The normalized spacial score (nSPS) is 14.3. The van der Waals surface area contributed by atoms with Crippen LogP contribution in [0.1, 0.15) is 15.9 Å². The Labute approximate surface area is 169 Å². The summed E-state index contributed by atoms with van der Waals surface area (Å²) in [7, 11) is 0. The molecule has 10 heteroatoms. The number of carbonyl (C=O) groups is 1. The van der Waals surface area contributed by atoms with Crippen molar-refractivity contribution in [3.63, 3.8) is 0 Å². The smallest absolute Gasteiger partial charge is 0.272 e. The monoisotopic (exact) mass is 415 g/mol. The van der Waals surface area contributed by atoms with Crippen molar-refractivity contribution in [3.05, 3.63) is 57.0 Å². The zero-order valence-corrected chi connectivity index (χ0v) is 16.7. The van der Waals surface area contributed by atoms with E-state index in [1.54, 1.807) is 40.6 Å². The van der Waals surface area contributed by atoms with Crippen LogP contribution in [-0.2, 0) is 0 Å². The average Bonchev–Trinajstić information content (AvgIpc) is 3.39. The lowest BCUT2D eigenvalue weighted by molar-refractivity contribution is -0.385. The highest BCUT2D eigenvalue weighted by Crippen LogP contribution is 2.32. The Hall–Kier alpha value is -2.85. The second-order valence-corrected chi connectivity index (χ2v) is 8.31. The third-order valence-electron chi connectivity index (χ3n) is 4.62. The van der Waals surface area contributed by atoms with Crippen LogP contribution in [0, 0.1) is 17.0 Å². The molecule has 4 rings (SSSR count). The molecule has 1 aliphatic heterocycles. The van der Waals surface area contributed by atoms with E-state index in [0.717, 1.165) is 15.0 Å². The summed E-state index contributed by atoms with van der Waals surface area (Å²) in [6.45, 7) is 4.15. The Morgan fingerprint density at radius 1 is 1.18 bits per heavy atom. The summed E-state index contributed by atoms with van der Waals surface area (Å²) in [6.07, 6.45) is 0. The van der Waals surface area contributed by atoms with Crippen LogP contribution >= 0.6 is 22.7 Å². The van der Waals surface area contributed by atoms with Gasteiger partial charge in [0, 0.05) is 43.4 Å². The first-order chi connectivity index (χ1) is 13.5. The highest BCUT2D eigenvalue weighted by Gasteiger charge is 2.25. The van der Waals surface area contributed by atoms with Gasteiger partial charge in [0.25, 0.3) is 11.6 Å². The predicted octanol–water partition coefficient (Wildman–Crippen LogP) is 3.45. The second-order valence-electron chi connectivity index (χ2n) is 6.40. The van der Waals surface area contributed by atoms with Crippen molar-refractivity contribution in [2.24, 2.45) is 0 Å². The van der Waals surface area contributed by atoms with Crippen molar-refractivity contribution in [1.29, 1.82) is 0 Å². The van der Waals surface area contributed by atoms with Crippen molar-refractivity contribution < 1.29 is 9.72 Å². The fourth-order valence-corrected chi connectivity index (χ4v) is 4.81. The van der Waals surface area contributed by atoms with Gasteiger partial charge in [-0.3, -0.25) is 14.9 Å². The minimum absolute atomic E-state index is 0.0270. The van der Waals surface area contributed by atoms with Gasteiger partial charge in [-0.05, 0) is 30.5 Å². The first kappa shape index (κ1) is 18.5. The maximum Gasteiger partial charge on any atom is 0.272 e. The number of aryl methyl sites for hydroxylation is 1. The van der Waals surface area contributed by atoms with Gasteiger partial charge in [0.1, 0.15) is 0 Å². The number of benzene rings is 1. The van der Waals surface area contributed by atoms with Gasteiger partial charge in [0.05, 0.1) is 9.80 Å². The number of rotatable bonds is 4. The highest BCUT2D eigenvalue weighted by atomic mass is 32.1. The first-order valence-electron chi connectivity index (χ1n) is 8.69. The fraction of sp³-hybridized carbons (Fsp3) is 0.278. The molecule has 0 bridgehead atoms. The van der Waals surface area contributed by atoms with Crippen molar-refractivity contribution >= 4 is 39.4 Å². The van der Waals surface area contributed by atoms with Crippen LogP contribution in [0.15, 0.2) is 35.7 Å². The molecule has 8 nitrogen and oxygen atoms in total. The molecule has 0 saturated carbocycles. The molecule has 0 atom stereocenters. The van der Waals surface area contributed by atoms with Gasteiger partial charge in [-0.25, -0.2) is 0 Å². The molecule has 0 aliphatic carbocycles. The Morgan fingerprint density at radius 3 is 2.61 bits per heavy atom. The largest absolute Gasteiger partial charge is 0.343 e. The third-order valence-corrected chi connectivity index (χ3v) is 6.65. The van der Waals surface area contributed by atoms with Gasteiger partial charge in [0.2, 0.25) is 5.13 Å². The van der Waals surface area contributed by atoms with Crippen LogP contribution in [-0.4, -0.2) is 52.1 Å². The molecular formula is C18H17N5O3S2. The van der Waals surface area contributed by atoms with Gasteiger partial charge in [-0.1, -0.05) is 17.4 Å². The SMILES string of the molecule is Cc1cc(C(=O)N2CCN(c3nnc(-c4cccs4)s3)CC2)ccc1[N+](=O)[O-]. The lowest BCUT2D eigenvalue weighted by Crippen LogP contribution is -2.48. The zero-order valence-electron chi connectivity index (χ0n) is 15.1. The molecule has 0 radical (unpaired) electrons. The van der Waals surface area contributed by atoms with Gasteiger partial charge in [0.15, 0.2) is 5.01 Å². The standard InChI is InChI=1S/C18H17N5O3S2/c1-12-11-13(4-5-14(12)23(25)26)17(24)21-6-8-22(9-7-21)18-20-19-16(28-18)15-3-2-10-27-15/h2-5,10-11H,6-9H2,1H3. The molecule has 0 unspecified atom stereocenters. The molecule has 3 heterocycles. The predicted molar refractivity (Wildman–Crippen MR) is 109 cm³/mol. The minimum Gasteiger partial charge on any atom is -0.343 e. The number of aromatic nitrogens is 2. The molecule has 1 aliphatic rings. The Morgan fingerprint density at radius 2 is 1.96 bits per heavy atom. The van der Waals surface area contributed by atoms with Gasteiger partial charge >= 0.3 is 0 Å². The van der Waals surface area contributed by atoms with Crippen LogP contribution in [0.2, 0.25) is 0 Å². The number of piperazine rings is 1. The lowest BCUT2D eigenvalue weighted by atomic mass is 10.1. The second kappa shape index (κ2) is 7.64. The number of nitrogens with zero attached hydrogens (tertiary/aromatic N) is 5. The molecule has 0 N–H and O–H groups in total. The van der Waals surface area contributed by atoms with E-state index < -0.39 is 4.92 Å². The van der Waals surface area contributed by atoms with Crippen LogP contribution in [0.3, 0.4) is 0 Å². The summed E-state index contributed by atoms with van der Waals surface area (Å²) >= 11 is 3.19. The summed E-state index contributed by atoms with van der Waals surface area (Å²) in [5, 5.41) is 23.3. The fourth-order valence-electron chi connectivity index (χ4n) is 3.12. The van der Waals surface area contributed by atoms with Crippen LogP contribution in [0.4, 0.5) is 10.8 Å². The zero-order chi connectivity index (χ0) is 19.7. The van der Waals surface area contributed by atoms with Crippen molar-refractivity contribution in [1.82, 2.24) is 15.1 Å². The molecule has 2 aromatic heterocycles. The molecular weight excluding hydrogens is 398 g/mol. The first-order valence-corrected chi connectivity index (χ1v) is 10.4. The Bertz CT molecular complexity index is 1010. The van der Waals surface area contributed by atoms with E-state index in [4.69, 9.17) is 0 Å². The molecule has 0 spiro atoms. The summed E-state index contributed by atoms with van der Waals surface area (Å²) < 4.78 is 0. The van der Waals surface area contributed by atoms with E-state index in [0.29, 0.717) is 37.3 Å². The Kier molecular flexibility index (Phi) is 5.05.